The topological polar surface area (TPSA) is 121 Å². The van der Waals surface area contributed by atoms with E-state index in [0.717, 1.165) is 4.90 Å². The fourth-order valence-corrected chi connectivity index (χ4v) is 1.21. The molecule has 0 aliphatic carbocycles. The van der Waals surface area contributed by atoms with Gasteiger partial charge in [0, 0.05) is 13.0 Å². The van der Waals surface area contributed by atoms with Crippen molar-refractivity contribution in [3.8, 4) is 0 Å². The molecule has 82 valence electrons. The van der Waals surface area contributed by atoms with Crippen molar-refractivity contribution in [2.75, 3.05) is 13.1 Å². The lowest BCUT2D eigenvalue weighted by molar-refractivity contribution is -0.133. The van der Waals surface area contributed by atoms with Gasteiger partial charge in [0.2, 0.25) is 5.91 Å². The Kier molecular flexibility index (Phi) is 2.93. The first-order valence-corrected chi connectivity index (χ1v) is 4.16. The zero-order chi connectivity index (χ0) is 11.6. The fourth-order valence-electron chi connectivity index (χ4n) is 1.21. The molecule has 0 unspecified atom stereocenters. The quantitative estimate of drug-likeness (QED) is 0.531. The summed E-state index contributed by atoms with van der Waals surface area (Å²) in [4.78, 5) is 33.3. The number of carboxylic acid groups (broad SMARTS) is 1. The van der Waals surface area contributed by atoms with Gasteiger partial charge in [-0.15, -0.1) is 0 Å². The molecule has 0 aromatic rings. The summed E-state index contributed by atoms with van der Waals surface area (Å²) in [6.45, 7) is -0.192. The Hall–Kier alpha value is -2.05. The van der Waals surface area contributed by atoms with E-state index in [-0.39, 0.29) is 25.1 Å². The van der Waals surface area contributed by atoms with E-state index in [9.17, 15) is 14.4 Å². The normalized spacial score (nSPS) is 16.0. The van der Waals surface area contributed by atoms with Gasteiger partial charge in [-0.2, -0.15) is 0 Å². The number of nitrogens with zero attached hydrogens (tertiary/aromatic N) is 1. The summed E-state index contributed by atoms with van der Waals surface area (Å²) >= 11 is 0. The SMILES string of the molecule is NC(=O)CCN1CC(C(=O)O)=C(O)C1=O. The molecule has 1 heterocycles. The van der Waals surface area contributed by atoms with Crippen molar-refractivity contribution in [3.63, 3.8) is 0 Å². The third kappa shape index (κ3) is 2.25. The second kappa shape index (κ2) is 3.99. The van der Waals surface area contributed by atoms with Gasteiger partial charge in [-0.3, -0.25) is 9.59 Å². The Morgan fingerprint density at radius 1 is 1.47 bits per heavy atom. The van der Waals surface area contributed by atoms with Gasteiger partial charge < -0.3 is 20.8 Å². The Morgan fingerprint density at radius 3 is 2.47 bits per heavy atom. The van der Waals surface area contributed by atoms with E-state index in [1.54, 1.807) is 0 Å². The average molecular weight is 214 g/mol. The number of carbonyl (C=O) groups is 3. The molecule has 7 nitrogen and oxygen atoms in total. The highest BCUT2D eigenvalue weighted by Gasteiger charge is 2.33. The highest BCUT2D eigenvalue weighted by Crippen LogP contribution is 2.17. The number of aliphatic hydroxyl groups excluding tert-OH is 1. The zero-order valence-electron chi connectivity index (χ0n) is 7.77. The number of carbonyl (C=O) groups excluding carboxylic acids is 2. The maximum Gasteiger partial charge on any atom is 0.337 e. The first kappa shape index (κ1) is 11.0. The second-order valence-corrected chi connectivity index (χ2v) is 3.08. The van der Waals surface area contributed by atoms with Gasteiger partial charge in [-0.25, -0.2) is 4.79 Å². The standard InChI is InChI=1S/C8H10N2O5/c9-5(11)1-2-10-3-4(8(14)15)6(12)7(10)13/h12H,1-3H2,(H2,9,11)(H,14,15). The molecule has 1 aliphatic heterocycles. The molecule has 0 atom stereocenters. The number of aliphatic carboxylic acids is 1. The van der Waals surface area contributed by atoms with E-state index in [1.807, 2.05) is 0 Å². The van der Waals surface area contributed by atoms with Crippen molar-refractivity contribution in [2.24, 2.45) is 5.73 Å². The van der Waals surface area contributed by atoms with Gasteiger partial charge in [0.25, 0.3) is 5.91 Å². The lowest BCUT2D eigenvalue weighted by Crippen LogP contribution is -2.31. The van der Waals surface area contributed by atoms with Crippen LogP contribution in [0.25, 0.3) is 0 Å². The molecule has 1 aliphatic rings. The van der Waals surface area contributed by atoms with Crippen LogP contribution in [0.15, 0.2) is 11.3 Å². The summed E-state index contributed by atoms with van der Waals surface area (Å²) in [6, 6.07) is 0. The van der Waals surface area contributed by atoms with E-state index < -0.39 is 23.5 Å². The number of carboxylic acids is 1. The Bertz CT molecular complexity index is 360. The third-order valence-corrected chi connectivity index (χ3v) is 2.01. The smallest absolute Gasteiger partial charge is 0.337 e. The van der Waals surface area contributed by atoms with Crippen LogP contribution in [0.4, 0.5) is 0 Å². The molecule has 0 fully saturated rings. The fraction of sp³-hybridized carbons (Fsp3) is 0.375. The molecule has 0 bridgehead atoms. The molecule has 4 N–H and O–H groups in total. The van der Waals surface area contributed by atoms with E-state index >= 15 is 0 Å². The number of amides is 2. The summed E-state index contributed by atoms with van der Waals surface area (Å²) in [5.74, 6) is -3.49. The van der Waals surface area contributed by atoms with E-state index in [4.69, 9.17) is 15.9 Å². The molecular formula is C8H10N2O5. The number of nitrogens with two attached hydrogens (primary N) is 1. The summed E-state index contributed by atoms with van der Waals surface area (Å²) in [5.41, 5.74) is 4.52. The van der Waals surface area contributed by atoms with Crippen molar-refractivity contribution in [2.45, 2.75) is 6.42 Å². The van der Waals surface area contributed by atoms with Crippen LogP contribution in [-0.4, -0.2) is 46.0 Å². The molecular weight excluding hydrogens is 204 g/mol. The van der Waals surface area contributed by atoms with E-state index in [0.29, 0.717) is 0 Å². The summed E-state index contributed by atoms with van der Waals surface area (Å²) in [6.07, 6.45) is -0.0636. The molecule has 0 saturated heterocycles. The predicted octanol–water partition coefficient (Wildman–Crippen LogP) is -1.40. The molecule has 0 aromatic carbocycles. The summed E-state index contributed by atoms with van der Waals surface area (Å²) < 4.78 is 0. The van der Waals surface area contributed by atoms with Crippen molar-refractivity contribution < 1.29 is 24.6 Å². The molecule has 0 aromatic heterocycles. The van der Waals surface area contributed by atoms with Crippen LogP contribution < -0.4 is 5.73 Å². The monoisotopic (exact) mass is 214 g/mol. The molecule has 15 heavy (non-hydrogen) atoms. The van der Waals surface area contributed by atoms with Crippen LogP contribution in [0.5, 0.6) is 0 Å². The van der Waals surface area contributed by atoms with Gasteiger partial charge in [-0.05, 0) is 0 Å². The van der Waals surface area contributed by atoms with Crippen LogP contribution >= 0.6 is 0 Å². The van der Waals surface area contributed by atoms with Crippen molar-refractivity contribution in [1.29, 1.82) is 0 Å². The Balaban J connectivity index is 2.67. The lowest BCUT2D eigenvalue weighted by atomic mass is 10.3. The van der Waals surface area contributed by atoms with Gasteiger partial charge in [-0.1, -0.05) is 0 Å². The number of hydrogen-bond donors (Lipinski definition) is 3. The molecule has 2 amide bonds. The second-order valence-electron chi connectivity index (χ2n) is 3.08. The van der Waals surface area contributed by atoms with Crippen LogP contribution in [-0.2, 0) is 14.4 Å². The van der Waals surface area contributed by atoms with E-state index in [2.05, 4.69) is 0 Å². The summed E-state index contributed by atoms with van der Waals surface area (Å²) in [7, 11) is 0. The van der Waals surface area contributed by atoms with Gasteiger partial charge in [0.1, 0.15) is 5.57 Å². The molecule has 0 saturated carbocycles. The maximum absolute atomic E-state index is 11.2. The molecule has 1 rings (SSSR count). The first-order valence-electron chi connectivity index (χ1n) is 4.16. The largest absolute Gasteiger partial charge is 0.503 e. The van der Waals surface area contributed by atoms with Gasteiger partial charge in [0.05, 0.1) is 6.54 Å². The van der Waals surface area contributed by atoms with E-state index in [1.165, 1.54) is 0 Å². The van der Waals surface area contributed by atoms with Crippen LogP contribution in [0.3, 0.4) is 0 Å². The zero-order valence-corrected chi connectivity index (χ0v) is 7.77. The van der Waals surface area contributed by atoms with Gasteiger partial charge >= 0.3 is 5.97 Å². The highest BCUT2D eigenvalue weighted by atomic mass is 16.4. The predicted molar refractivity (Wildman–Crippen MR) is 47.7 cm³/mol. The van der Waals surface area contributed by atoms with Crippen LogP contribution in [0.2, 0.25) is 0 Å². The minimum absolute atomic E-state index is 0.00894. The first-order chi connectivity index (χ1) is 6.93. The summed E-state index contributed by atoms with van der Waals surface area (Å²) in [5, 5.41) is 17.8. The van der Waals surface area contributed by atoms with Crippen LogP contribution in [0.1, 0.15) is 6.42 Å². The number of aliphatic hydroxyl groups is 1. The van der Waals surface area contributed by atoms with Crippen LogP contribution in [0, 0.1) is 0 Å². The van der Waals surface area contributed by atoms with Crippen molar-refractivity contribution in [3.05, 3.63) is 11.3 Å². The molecule has 7 heteroatoms. The third-order valence-electron chi connectivity index (χ3n) is 2.01. The molecule has 0 radical (unpaired) electrons. The number of primary amides is 1. The van der Waals surface area contributed by atoms with Crippen molar-refractivity contribution >= 4 is 17.8 Å². The lowest BCUT2D eigenvalue weighted by Gasteiger charge is -2.13. The minimum atomic E-state index is -1.34. The maximum atomic E-state index is 11.2. The molecule has 0 spiro atoms. The Morgan fingerprint density at radius 2 is 2.07 bits per heavy atom. The average Bonchev–Trinajstić information content (AvgIpc) is 2.41. The van der Waals surface area contributed by atoms with Gasteiger partial charge in [0.15, 0.2) is 5.76 Å². The Labute approximate surface area is 84.8 Å². The minimum Gasteiger partial charge on any atom is -0.503 e. The number of hydrogen-bond acceptors (Lipinski definition) is 4. The van der Waals surface area contributed by atoms with Crippen molar-refractivity contribution in [1.82, 2.24) is 4.90 Å². The number of rotatable bonds is 4. The highest BCUT2D eigenvalue weighted by molar-refractivity contribution is 6.04.